The highest BCUT2D eigenvalue weighted by Gasteiger charge is 2.13. The van der Waals surface area contributed by atoms with E-state index in [-0.39, 0.29) is 12.1 Å². The van der Waals surface area contributed by atoms with Crippen molar-refractivity contribution in [3.05, 3.63) is 78.1 Å². The van der Waals surface area contributed by atoms with Gasteiger partial charge in [-0.2, -0.15) is 5.10 Å². The van der Waals surface area contributed by atoms with Crippen LogP contribution in [0.15, 0.2) is 61.3 Å². The van der Waals surface area contributed by atoms with Crippen LogP contribution in [0.2, 0.25) is 0 Å². The fourth-order valence-electron chi connectivity index (χ4n) is 2.55. The first-order valence-electron chi connectivity index (χ1n) is 7.80. The van der Waals surface area contributed by atoms with Crippen molar-refractivity contribution < 1.29 is 0 Å². The van der Waals surface area contributed by atoms with E-state index in [1.807, 2.05) is 29.1 Å². The average molecular weight is 307 g/mol. The maximum absolute atomic E-state index is 4.46. The number of nitrogens with one attached hydrogen (secondary N) is 1. The van der Waals surface area contributed by atoms with Crippen molar-refractivity contribution in [2.45, 2.75) is 32.5 Å². The molecule has 0 spiro atoms. The molecule has 0 saturated carbocycles. The number of hydrogen-bond donors (Lipinski definition) is 1. The van der Waals surface area contributed by atoms with Crippen LogP contribution in [-0.2, 0) is 6.54 Å². The Morgan fingerprint density at radius 1 is 1.04 bits per heavy atom. The number of aromatic nitrogens is 4. The molecule has 5 heteroatoms. The Hall–Kier alpha value is -2.53. The highest BCUT2D eigenvalue weighted by atomic mass is 15.3. The molecule has 0 radical (unpaired) electrons. The van der Waals surface area contributed by atoms with Crippen molar-refractivity contribution in [3.63, 3.8) is 0 Å². The lowest BCUT2D eigenvalue weighted by Crippen LogP contribution is -2.23. The molecular weight excluding hydrogens is 286 g/mol. The first kappa shape index (κ1) is 15.4. The maximum atomic E-state index is 4.46. The fourth-order valence-corrected chi connectivity index (χ4v) is 2.55. The Balaban J connectivity index is 1.63. The Labute approximate surface area is 136 Å². The van der Waals surface area contributed by atoms with Gasteiger partial charge in [-0.1, -0.05) is 30.3 Å². The molecule has 118 valence electrons. The summed E-state index contributed by atoms with van der Waals surface area (Å²) in [6, 6.07) is 10.7. The van der Waals surface area contributed by atoms with Gasteiger partial charge in [-0.3, -0.25) is 14.6 Å². The summed E-state index contributed by atoms with van der Waals surface area (Å²) in [5, 5.41) is 8.00. The van der Waals surface area contributed by atoms with Gasteiger partial charge in [-0.25, -0.2) is 0 Å². The van der Waals surface area contributed by atoms with E-state index in [4.69, 9.17) is 0 Å². The summed E-state index contributed by atoms with van der Waals surface area (Å²) in [4.78, 5) is 8.46. The Morgan fingerprint density at radius 3 is 2.61 bits per heavy atom. The van der Waals surface area contributed by atoms with Gasteiger partial charge in [0.25, 0.3) is 0 Å². The van der Waals surface area contributed by atoms with Gasteiger partial charge in [0, 0.05) is 42.4 Å². The molecule has 2 aromatic heterocycles. The normalized spacial score (nSPS) is 13.7. The van der Waals surface area contributed by atoms with Gasteiger partial charge in [0.2, 0.25) is 0 Å². The van der Waals surface area contributed by atoms with E-state index in [2.05, 4.69) is 52.6 Å². The van der Waals surface area contributed by atoms with E-state index in [1.54, 1.807) is 18.6 Å². The number of rotatable bonds is 6. The van der Waals surface area contributed by atoms with Gasteiger partial charge < -0.3 is 5.32 Å². The summed E-state index contributed by atoms with van der Waals surface area (Å²) in [7, 11) is 0. The Bertz CT molecular complexity index is 723. The molecule has 2 atom stereocenters. The van der Waals surface area contributed by atoms with Gasteiger partial charge in [-0.05, 0) is 19.4 Å². The Morgan fingerprint density at radius 2 is 1.87 bits per heavy atom. The summed E-state index contributed by atoms with van der Waals surface area (Å²) in [5.41, 5.74) is 3.35. The molecule has 2 heterocycles. The zero-order chi connectivity index (χ0) is 16.1. The summed E-state index contributed by atoms with van der Waals surface area (Å²) in [6.45, 7) is 5.01. The zero-order valence-corrected chi connectivity index (χ0v) is 13.4. The third-order valence-electron chi connectivity index (χ3n) is 3.87. The molecule has 0 fully saturated rings. The molecule has 0 bridgehead atoms. The molecule has 0 aliphatic rings. The van der Waals surface area contributed by atoms with Crippen molar-refractivity contribution in [1.29, 1.82) is 0 Å². The van der Waals surface area contributed by atoms with Crippen LogP contribution in [0, 0.1) is 0 Å². The minimum Gasteiger partial charge on any atom is -0.302 e. The summed E-state index contributed by atoms with van der Waals surface area (Å²) in [6.07, 6.45) is 9.21. The Kier molecular flexibility index (Phi) is 4.78. The van der Waals surface area contributed by atoms with Gasteiger partial charge in [0.1, 0.15) is 0 Å². The van der Waals surface area contributed by atoms with Crippen LogP contribution in [0.25, 0.3) is 0 Å². The summed E-state index contributed by atoms with van der Waals surface area (Å²) in [5.74, 6) is 0. The van der Waals surface area contributed by atoms with E-state index in [9.17, 15) is 0 Å². The van der Waals surface area contributed by atoms with Crippen LogP contribution in [0.4, 0.5) is 0 Å². The highest BCUT2D eigenvalue weighted by Crippen LogP contribution is 2.17. The maximum Gasteiger partial charge on any atom is 0.0753 e. The number of nitrogens with zero attached hydrogens (tertiary/aromatic N) is 4. The van der Waals surface area contributed by atoms with Crippen LogP contribution >= 0.6 is 0 Å². The highest BCUT2D eigenvalue weighted by molar-refractivity contribution is 5.16. The SMILES string of the molecule is C[C@H](N[C@H](C)c1cnccn1)c1cnn(Cc2ccccc2)c1. The quantitative estimate of drug-likeness (QED) is 0.760. The summed E-state index contributed by atoms with van der Waals surface area (Å²) >= 11 is 0. The standard InChI is InChI=1S/C18H21N5/c1-14(22-15(2)18-11-19-8-9-20-18)17-10-21-23(13-17)12-16-6-4-3-5-7-16/h3-11,13-15,22H,12H2,1-2H3/t14-,15+/m0/s1. The second-order valence-electron chi connectivity index (χ2n) is 5.70. The molecule has 23 heavy (non-hydrogen) atoms. The molecule has 0 aliphatic carbocycles. The molecule has 3 rings (SSSR count). The fraction of sp³-hybridized carbons (Fsp3) is 0.278. The third-order valence-corrected chi connectivity index (χ3v) is 3.87. The van der Waals surface area contributed by atoms with E-state index < -0.39 is 0 Å². The first-order chi connectivity index (χ1) is 11.2. The number of benzene rings is 1. The van der Waals surface area contributed by atoms with Gasteiger partial charge in [0.05, 0.1) is 18.4 Å². The molecule has 5 nitrogen and oxygen atoms in total. The minimum atomic E-state index is 0.135. The van der Waals surface area contributed by atoms with Gasteiger partial charge in [-0.15, -0.1) is 0 Å². The zero-order valence-electron chi connectivity index (χ0n) is 13.4. The first-order valence-corrected chi connectivity index (χ1v) is 7.80. The van der Waals surface area contributed by atoms with Gasteiger partial charge >= 0.3 is 0 Å². The molecule has 3 aromatic rings. The lowest BCUT2D eigenvalue weighted by molar-refractivity contribution is 0.484. The van der Waals surface area contributed by atoms with Crippen molar-refractivity contribution in [2.24, 2.45) is 0 Å². The van der Waals surface area contributed by atoms with Crippen LogP contribution in [0.5, 0.6) is 0 Å². The van der Waals surface area contributed by atoms with Crippen LogP contribution in [0.3, 0.4) is 0 Å². The van der Waals surface area contributed by atoms with Crippen molar-refractivity contribution >= 4 is 0 Å². The lowest BCUT2D eigenvalue weighted by Gasteiger charge is -2.18. The minimum absolute atomic E-state index is 0.135. The van der Waals surface area contributed by atoms with E-state index >= 15 is 0 Å². The average Bonchev–Trinajstić information content (AvgIpc) is 3.05. The predicted octanol–water partition coefficient (Wildman–Crippen LogP) is 3.13. The van der Waals surface area contributed by atoms with E-state index in [0.29, 0.717) is 0 Å². The molecular formula is C18H21N5. The monoisotopic (exact) mass is 307 g/mol. The third kappa shape index (κ3) is 4.02. The number of hydrogen-bond acceptors (Lipinski definition) is 4. The molecule has 0 amide bonds. The lowest BCUT2D eigenvalue weighted by atomic mass is 10.1. The largest absolute Gasteiger partial charge is 0.302 e. The molecule has 0 unspecified atom stereocenters. The van der Waals surface area contributed by atoms with Crippen molar-refractivity contribution in [3.8, 4) is 0 Å². The smallest absolute Gasteiger partial charge is 0.0753 e. The second-order valence-corrected chi connectivity index (χ2v) is 5.70. The van der Waals surface area contributed by atoms with Crippen LogP contribution in [-0.4, -0.2) is 19.7 Å². The molecule has 1 aromatic carbocycles. The second kappa shape index (κ2) is 7.15. The topological polar surface area (TPSA) is 55.6 Å². The molecule has 1 N–H and O–H groups in total. The van der Waals surface area contributed by atoms with E-state index in [0.717, 1.165) is 17.8 Å². The van der Waals surface area contributed by atoms with E-state index in [1.165, 1.54) is 5.56 Å². The molecule has 0 aliphatic heterocycles. The van der Waals surface area contributed by atoms with Crippen LogP contribution in [0.1, 0.15) is 42.8 Å². The predicted molar refractivity (Wildman–Crippen MR) is 89.8 cm³/mol. The van der Waals surface area contributed by atoms with Crippen molar-refractivity contribution in [2.75, 3.05) is 0 Å². The van der Waals surface area contributed by atoms with Crippen molar-refractivity contribution in [1.82, 2.24) is 25.1 Å². The summed E-state index contributed by atoms with van der Waals surface area (Å²) < 4.78 is 1.97. The van der Waals surface area contributed by atoms with Gasteiger partial charge in [0.15, 0.2) is 0 Å². The van der Waals surface area contributed by atoms with Crippen LogP contribution < -0.4 is 5.32 Å². The molecule has 0 saturated heterocycles.